The third-order valence-corrected chi connectivity index (χ3v) is 2.75. The van der Waals surface area contributed by atoms with E-state index in [9.17, 15) is 4.79 Å². The molecular formula is C14H20N2O2. The summed E-state index contributed by atoms with van der Waals surface area (Å²) in [7, 11) is 1.77. The molecule has 98 valence electrons. The van der Waals surface area contributed by atoms with Crippen molar-refractivity contribution in [2.45, 2.75) is 40.2 Å². The lowest BCUT2D eigenvalue weighted by Crippen LogP contribution is -2.31. The molecule has 1 heterocycles. The van der Waals surface area contributed by atoms with Crippen molar-refractivity contribution in [1.29, 1.82) is 0 Å². The van der Waals surface area contributed by atoms with Crippen LogP contribution in [0.3, 0.4) is 0 Å². The maximum Gasteiger partial charge on any atom is 0.341 e. The van der Waals surface area contributed by atoms with Crippen LogP contribution in [0.1, 0.15) is 43.2 Å². The Morgan fingerprint density at radius 1 is 1.61 bits per heavy atom. The summed E-state index contributed by atoms with van der Waals surface area (Å²) >= 11 is 0. The van der Waals surface area contributed by atoms with Gasteiger partial charge in [-0.25, -0.2) is 4.79 Å². The molecule has 0 amide bonds. The molecule has 0 aliphatic carbocycles. The Morgan fingerprint density at radius 2 is 2.22 bits per heavy atom. The van der Waals surface area contributed by atoms with Crippen molar-refractivity contribution in [2.24, 2.45) is 12.5 Å². The second kappa shape index (κ2) is 5.26. The molecule has 0 radical (unpaired) electrons. The molecule has 0 saturated heterocycles. The van der Waals surface area contributed by atoms with Crippen LogP contribution in [0.4, 0.5) is 0 Å². The average Bonchev–Trinajstić information content (AvgIpc) is 2.55. The van der Waals surface area contributed by atoms with Crippen molar-refractivity contribution >= 4 is 5.97 Å². The maximum atomic E-state index is 12.1. The fourth-order valence-electron chi connectivity index (χ4n) is 1.62. The summed E-state index contributed by atoms with van der Waals surface area (Å²) in [5.41, 5.74) is 0.970. The Morgan fingerprint density at radius 3 is 2.61 bits per heavy atom. The molecule has 0 saturated carbocycles. The molecule has 1 rings (SSSR count). The molecule has 0 aromatic carbocycles. The zero-order valence-electron chi connectivity index (χ0n) is 11.7. The lowest BCUT2D eigenvalue weighted by Gasteiger charge is -2.28. The van der Waals surface area contributed by atoms with Gasteiger partial charge in [-0.2, -0.15) is 5.10 Å². The topological polar surface area (TPSA) is 44.1 Å². The molecule has 1 aromatic heterocycles. The molecule has 1 aromatic rings. The maximum absolute atomic E-state index is 12.1. The highest BCUT2D eigenvalue weighted by molar-refractivity contribution is 5.90. The number of hydrogen-bond acceptors (Lipinski definition) is 3. The fraction of sp³-hybridized carbons (Fsp3) is 0.571. The summed E-state index contributed by atoms with van der Waals surface area (Å²) in [4.78, 5) is 12.1. The predicted octanol–water partition coefficient (Wildman–Crippen LogP) is 2.32. The van der Waals surface area contributed by atoms with E-state index in [0.29, 0.717) is 17.7 Å². The number of aromatic nitrogens is 2. The fourth-order valence-corrected chi connectivity index (χ4v) is 1.62. The second-order valence-corrected chi connectivity index (χ2v) is 5.47. The summed E-state index contributed by atoms with van der Waals surface area (Å²) in [5, 5.41) is 4.12. The van der Waals surface area contributed by atoms with Gasteiger partial charge in [0.05, 0.1) is 5.69 Å². The summed E-state index contributed by atoms with van der Waals surface area (Å²) in [6.45, 7) is 7.78. The van der Waals surface area contributed by atoms with E-state index in [1.165, 1.54) is 0 Å². The number of carbonyl (C=O) groups excluding carboxylic acids is 1. The van der Waals surface area contributed by atoms with E-state index in [-0.39, 0.29) is 17.5 Å². The number of esters is 1. The summed E-state index contributed by atoms with van der Waals surface area (Å²) < 4.78 is 7.10. The monoisotopic (exact) mass is 248 g/mol. The van der Waals surface area contributed by atoms with Crippen LogP contribution < -0.4 is 0 Å². The van der Waals surface area contributed by atoms with E-state index in [2.05, 4.69) is 11.0 Å². The summed E-state index contributed by atoms with van der Waals surface area (Å²) in [6, 6.07) is 0. The molecule has 0 unspecified atom stereocenters. The Kier molecular flexibility index (Phi) is 4.18. The molecule has 0 N–H and O–H groups in total. The Balaban J connectivity index is 2.86. The van der Waals surface area contributed by atoms with Crippen LogP contribution in [-0.2, 0) is 11.8 Å². The third kappa shape index (κ3) is 3.36. The van der Waals surface area contributed by atoms with Crippen LogP contribution >= 0.6 is 0 Å². The molecule has 18 heavy (non-hydrogen) atoms. The minimum atomic E-state index is -0.365. The Labute approximate surface area is 108 Å². The number of hydrogen-bond donors (Lipinski definition) is 0. The van der Waals surface area contributed by atoms with Crippen LogP contribution in [0.25, 0.3) is 0 Å². The van der Waals surface area contributed by atoms with Gasteiger partial charge in [0.2, 0.25) is 0 Å². The molecule has 0 bridgehead atoms. The number of ether oxygens (including phenoxy) is 1. The van der Waals surface area contributed by atoms with Crippen LogP contribution in [0.2, 0.25) is 0 Å². The van der Waals surface area contributed by atoms with Crippen LogP contribution in [0.5, 0.6) is 0 Å². The van der Waals surface area contributed by atoms with E-state index in [0.717, 1.165) is 0 Å². The average molecular weight is 248 g/mol. The highest BCUT2D eigenvalue weighted by Gasteiger charge is 2.29. The molecule has 0 fully saturated rings. The van der Waals surface area contributed by atoms with Crippen molar-refractivity contribution in [3.63, 3.8) is 0 Å². The van der Waals surface area contributed by atoms with Crippen LogP contribution in [0, 0.1) is 24.7 Å². The van der Waals surface area contributed by atoms with Crippen molar-refractivity contribution in [2.75, 3.05) is 0 Å². The van der Waals surface area contributed by atoms with Crippen molar-refractivity contribution in [1.82, 2.24) is 9.78 Å². The van der Waals surface area contributed by atoms with Gasteiger partial charge >= 0.3 is 5.97 Å². The van der Waals surface area contributed by atoms with Crippen LogP contribution in [-0.4, -0.2) is 21.9 Å². The largest absolute Gasteiger partial charge is 0.457 e. The quantitative estimate of drug-likeness (QED) is 0.609. The molecule has 0 aliphatic heterocycles. The van der Waals surface area contributed by atoms with Gasteiger partial charge in [0.15, 0.2) is 0 Å². The SMILES string of the molecule is C#CC[C@@H](OC(=O)c1cn(C)nc1C)C(C)(C)C. The number of terminal acetylenes is 1. The first-order valence-electron chi connectivity index (χ1n) is 5.90. The smallest absolute Gasteiger partial charge is 0.341 e. The minimum absolute atomic E-state index is 0.182. The van der Waals surface area contributed by atoms with Gasteiger partial charge in [-0.05, 0) is 12.3 Å². The number of rotatable bonds is 3. The highest BCUT2D eigenvalue weighted by Crippen LogP contribution is 2.25. The molecule has 0 aliphatic rings. The second-order valence-electron chi connectivity index (χ2n) is 5.47. The van der Waals surface area contributed by atoms with E-state index in [1.807, 2.05) is 20.8 Å². The van der Waals surface area contributed by atoms with E-state index in [4.69, 9.17) is 11.2 Å². The number of carbonyl (C=O) groups is 1. The van der Waals surface area contributed by atoms with Gasteiger partial charge in [-0.3, -0.25) is 4.68 Å². The first kappa shape index (κ1) is 14.3. The zero-order valence-corrected chi connectivity index (χ0v) is 11.7. The standard InChI is InChI=1S/C14H20N2O2/c1-7-8-12(14(3,4)5)18-13(17)11-9-16(6)15-10(11)2/h1,9,12H,8H2,2-6H3/t12-/m1/s1. The summed E-state index contributed by atoms with van der Waals surface area (Å²) in [5.74, 6) is 2.19. The van der Waals surface area contributed by atoms with E-state index < -0.39 is 0 Å². The third-order valence-electron chi connectivity index (χ3n) is 2.75. The molecule has 0 spiro atoms. The summed E-state index contributed by atoms with van der Waals surface area (Å²) in [6.07, 6.45) is 7.09. The molecular weight excluding hydrogens is 228 g/mol. The van der Waals surface area contributed by atoms with Gasteiger partial charge in [-0.15, -0.1) is 12.3 Å². The Bertz CT molecular complexity index is 475. The first-order chi connectivity index (χ1) is 8.25. The molecule has 1 atom stereocenters. The zero-order chi connectivity index (χ0) is 13.9. The Hall–Kier alpha value is -1.76. The van der Waals surface area contributed by atoms with E-state index >= 15 is 0 Å². The van der Waals surface area contributed by atoms with Gasteiger partial charge in [0.25, 0.3) is 0 Å². The predicted molar refractivity (Wildman–Crippen MR) is 70.1 cm³/mol. The van der Waals surface area contributed by atoms with Crippen molar-refractivity contribution in [3.8, 4) is 12.3 Å². The molecule has 4 nitrogen and oxygen atoms in total. The highest BCUT2D eigenvalue weighted by atomic mass is 16.5. The van der Waals surface area contributed by atoms with Crippen LogP contribution in [0.15, 0.2) is 6.20 Å². The molecule has 4 heteroatoms. The van der Waals surface area contributed by atoms with Gasteiger partial charge in [-0.1, -0.05) is 20.8 Å². The lowest BCUT2D eigenvalue weighted by atomic mass is 9.87. The van der Waals surface area contributed by atoms with Crippen molar-refractivity contribution in [3.05, 3.63) is 17.5 Å². The first-order valence-corrected chi connectivity index (χ1v) is 5.90. The number of aryl methyl sites for hydroxylation is 2. The van der Waals surface area contributed by atoms with Crippen molar-refractivity contribution < 1.29 is 9.53 Å². The lowest BCUT2D eigenvalue weighted by molar-refractivity contribution is -0.000621. The van der Waals surface area contributed by atoms with Gasteiger partial charge < -0.3 is 4.74 Å². The van der Waals surface area contributed by atoms with Gasteiger partial charge in [0, 0.05) is 19.7 Å². The van der Waals surface area contributed by atoms with E-state index in [1.54, 1.807) is 24.9 Å². The van der Waals surface area contributed by atoms with Gasteiger partial charge in [0.1, 0.15) is 11.7 Å². The minimum Gasteiger partial charge on any atom is -0.457 e. The normalized spacial score (nSPS) is 12.9. The number of nitrogens with zero attached hydrogens (tertiary/aromatic N) is 2.